The van der Waals surface area contributed by atoms with Crippen molar-refractivity contribution in [2.45, 2.75) is 52.6 Å². The average Bonchev–Trinajstić information content (AvgIpc) is 2.80. The number of rotatable bonds is 8. The maximum Gasteiger partial charge on any atom is 0.229 e. The van der Waals surface area contributed by atoms with Crippen molar-refractivity contribution in [3.8, 4) is 11.5 Å². The summed E-state index contributed by atoms with van der Waals surface area (Å²) in [5.74, 6) is 1.82. The van der Waals surface area contributed by atoms with Crippen LogP contribution in [0.4, 0.5) is 5.69 Å². The Kier molecular flexibility index (Phi) is 7.97. The van der Waals surface area contributed by atoms with Gasteiger partial charge in [0.25, 0.3) is 0 Å². The lowest BCUT2D eigenvalue weighted by Crippen LogP contribution is -2.48. The van der Waals surface area contributed by atoms with Gasteiger partial charge in [-0.1, -0.05) is 32.9 Å². The van der Waals surface area contributed by atoms with Gasteiger partial charge >= 0.3 is 0 Å². The van der Waals surface area contributed by atoms with E-state index >= 15 is 0 Å². The van der Waals surface area contributed by atoms with E-state index in [-0.39, 0.29) is 17.9 Å². The summed E-state index contributed by atoms with van der Waals surface area (Å²) in [6.45, 7) is 8.89. The van der Waals surface area contributed by atoms with Crippen LogP contribution in [0.5, 0.6) is 11.5 Å². The molecule has 0 N–H and O–H groups in total. The number of piperidine rings is 1. The largest absolute Gasteiger partial charge is 0.497 e. The lowest BCUT2D eigenvalue weighted by molar-refractivity contribution is -0.122. The number of methoxy groups -OCH3 is 2. The quantitative estimate of drug-likeness (QED) is 0.603. The highest BCUT2D eigenvalue weighted by Gasteiger charge is 2.30. The Morgan fingerprint density at radius 2 is 1.58 bits per heavy atom. The lowest BCUT2D eigenvalue weighted by Gasteiger charge is -2.39. The molecular weight excluding hydrogens is 388 g/mol. The van der Waals surface area contributed by atoms with E-state index < -0.39 is 0 Å². The van der Waals surface area contributed by atoms with Crippen LogP contribution in [0.15, 0.2) is 42.5 Å². The lowest BCUT2D eigenvalue weighted by atomic mass is 9.99. The topological polar surface area (TPSA) is 42.0 Å². The number of hydrogen-bond donors (Lipinski definition) is 0. The van der Waals surface area contributed by atoms with Gasteiger partial charge in [-0.25, -0.2) is 0 Å². The first-order valence-corrected chi connectivity index (χ1v) is 11.3. The van der Waals surface area contributed by atoms with Crippen molar-refractivity contribution in [1.29, 1.82) is 0 Å². The molecule has 3 rings (SSSR count). The summed E-state index contributed by atoms with van der Waals surface area (Å²) in [6, 6.07) is 14.8. The Labute approximate surface area is 187 Å². The van der Waals surface area contributed by atoms with Gasteiger partial charge in [0.2, 0.25) is 5.91 Å². The predicted molar refractivity (Wildman–Crippen MR) is 126 cm³/mol. The van der Waals surface area contributed by atoms with Crippen LogP contribution in [0.3, 0.4) is 0 Å². The molecule has 0 saturated carbocycles. The summed E-state index contributed by atoms with van der Waals surface area (Å²) < 4.78 is 10.8. The molecule has 0 bridgehead atoms. The molecule has 1 aliphatic heterocycles. The molecule has 1 fully saturated rings. The van der Waals surface area contributed by atoms with Crippen molar-refractivity contribution in [1.82, 2.24) is 4.90 Å². The second-order valence-electron chi connectivity index (χ2n) is 8.61. The second-order valence-corrected chi connectivity index (χ2v) is 8.61. The Morgan fingerprint density at radius 3 is 2.06 bits per heavy atom. The van der Waals surface area contributed by atoms with Gasteiger partial charge in [-0.05, 0) is 54.7 Å². The number of nitrogens with zero attached hydrogens (tertiary/aromatic N) is 2. The van der Waals surface area contributed by atoms with Crippen LogP contribution in [-0.4, -0.2) is 44.2 Å². The highest BCUT2D eigenvalue weighted by molar-refractivity contribution is 5.95. The van der Waals surface area contributed by atoms with Crippen molar-refractivity contribution in [2.24, 2.45) is 5.92 Å². The normalized spacial score (nSPS) is 15.2. The van der Waals surface area contributed by atoms with E-state index in [2.05, 4.69) is 53.1 Å². The number of ether oxygens (including phenoxy) is 2. The minimum Gasteiger partial charge on any atom is -0.497 e. The minimum absolute atomic E-state index is 0.0203. The molecule has 2 aromatic carbocycles. The first-order valence-electron chi connectivity index (χ1n) is 11.3. The number of benzene rings is 2. The Bertz CT molecular complexity index is 833. The smallest absolute Gasteiger partial charge is 0.229 e. The molecule has 0 aromatic heterocycles. The summed E-state index contributed by atoms with van der Waals surface area (Å²) >= 11 is 0. The number of carbonyl (C=O) groups excluding carboxylic acids is 1. The van der Waals surface area contributed by atoms with E-state index in [1.54, 1.807) is 14.2 Å². The van der Waals surface area contributed by atoms with Gasteiger partial charge in [-0.3, -0.25) is 9.69 Å². The van der Waals surface area contributed by atoms with Crippen LogP contribution >= 0.6 is 0 Å². The number of aryl methyl sites for hydroxylation is 1. The van der Waals surface area contributed by atoms with E-state index in [4.69, 9.17) is 9.47 Å². The van der Waals surface area contributed by atoms with Gasteiger partial charge in [0.15, 0.2) is 0 Å². The van der Waals surface area contributed by atoms with Crippen LogP contribution in [-0.2, 0) is 17.8 Å². The summed E-state index contributed by atoms with van der Waals surface area (Å²) in [6.07, 6.45) is 2.94. The molecule has 2 aromatic rings. The Balaban J connectivity index is 1.69. The maximum atomic E-state index is 13.1. The molecule has 0 aliphatic carbocycles. The molecular formula is C26H36N2O3. The summed E-state index contributed by atoms with van der Waals surface area (Å²) in [5, 5.41) is 0. The predicted octanol–water partition coefficient (Wildman–Crippen LogP) is 4.92. The molecule has 1 heterocycles. The van der Waals surface area contributed by atoms with Gasteiger partial charge < -0.3 is 14.4 Å². The highest BCUT2D eigenvalue weighted by atomic mass is 16.5. The fourth-order valence-corrected chi connectivity index (χ4v) is 4.24. The van der Waals surface area contributed by atoms with Crippen LogP contribution in [0.2, 0.25) is 0 Å². The third kappa shape index (κ3) is 5.79. The molecule has 5 nitrogen and oxygen atoms in total. The Morgan fingerprint density at radius 1 is 1.00 bits per heavy atom. The van der Waals surface area contributed by atoms with Crippen molar-refractivity contribution in [2.75, 3.05) is 32.2 Å². The maximum absolute atomic E-state index is 13.1. The molecule has 1 aliphatic rings. The molecule has 1 saturated heterocycles. The van der Waals surface area contributed by atoms with Crippen molar-refractivity contribution >= 4 is 11.6 Å². The summed E-state index contributed by atoms with van der Waals surface area (Å²) in [7, 11) is 3.36. The second kappa shape index (κ2) is 10.7. The van der Waals surface area contributed by atoms with Crippen LogP contribution in [0, 0.1) is 5.92 Å². The van der Waals surface area contributed by atoms with Crippen molar-refractivity contribution < 1.29 is 14.3 Å². The molecule has 0 spiro atoms. The van der Waals surface area contributed by atoms with E-state index in [1.807, 2.05) is 19.9 Å². The fraction of sp³-hybridized carbons (Fsp3) is 0.500. The number of amides is 1. The Hall–Kier alpha value is -2.53. The number of carbonyl (C=O) groups is 1. The molecule has 5 heteroatoms. The summed E-state index contributed by atoms with van der Waals surface area (Å²) in [5.41, 5.74) is 3.50. The van der Waals surface area contributed by atoms with Gasteiger partial charge in [0.1, 0.15) is 11.5 Å². The minimum atomic E-state index is -0.0203. The van der Waals surface area contributed by atoms with Gasteiger partial charge in [-0.2, -0.15) is 0 Å². The SMILES string of the molecule is CCc1ccc(N(C(=O)C(C)C)C2CCN(Cc3cc(OC)cc(OC)c3)CC2)cc1. The van der Waals surface area contributed by atoms with Crippen LogP contribution in [0.1, 0.15) is 44.7 Å². The number of hydrogen-bond acceptors (Lipinski definition) is 4. The standard InChI is InChI=1S/C26H36N2O3/c1-6-20-7-9-22(10-8-20)28(26(29)19(2)3)23-11-13-27(14-12-23)18-21-15-24(30-4)17-25(16-21)31-5/h7-10,15-17,19,23H,6,11-14,18H2,1-5H3. The third-order valence-electron chi connectivity index (χ3n) is 6.09. The van der Waals surface area contributed by atoms with Gasteiger partial charge in [0, 0.05) is 43.3 Å². The van der Waals surface area contributed by atoms with E-state index in [9.17, 15) is 4.79 Å². The van der Waals surface area contributed by atoms with Crippen LogP contribution < -0.4 is 14.4 Å². The molecule has 0 unspecified atom stereocenters. The molecule has 168 valence electrons. The monoisotopic (exact) mass is 424 g/mol. The highest BCUT2D eigenvalue weighted by Crippen LogP contribution is 2.28. The average molecular weight is 425 g/mol. The molecule has 31 heavy (non-hydrogen) atoms. The number of likely N-dealkylation sites (tertiary alicyclic amines) is 1. The van der Waals surface area contributed by atoms with E-state index in [1.165, 1.54) is 11.1 Å². The van der Waals surface area contributed by atoms with E-state index in [0.717, 1.165) is 56.1 Å². The zero-order valence-electron chi connectivity index (χ0n) is 19.6. The zero-order valence-corrected chi connectivity index (χ0v) is 19.6. The number of anilines is 1. The first kappa shape index (κ1) is 23.1. The van der Waals surface area contributed by atoms with Crippen molar-refractivity contribution in [3.05, 3.63) is 53.6 Å². The van der Waals surface area contributed by atoms with Gasteiger partial charge in [-0.15, -0.1) is 0 Å². The molecule has 0 radical (unpaired) electrons. The van der Waals surface area contributed by atoms with Crippen LogP contribution in [0.25, 0.3) is 0 Å². The third-order valence-corrected chi connectivity index (χ3v) is 6.09. The molecule has 1 amide bonds. The van der Waals surface area contributed by atoms with Gasteiger partial charge in [0.05, 0.1) is 14.2 Å². The summed E-state index contributed by atoms with van der Waals surface area (Å²) in [4.78, 5) is 17.6. The zero-order chi connectivity index (χ0) is 22.4. The fourth-order valence-electron chi connectivity index (χ4n) is 4.24. The van der Waals surface area contributed by atoms with Crippen molar-refractivity contribution in [3.63, 3.8) is 0 Å². The first-order chi connectivity index (χ1) is 14.9. The van der Waals surface area contributed by atoms with E-state index in [0.29, 0.717) is 0 Å². The molecule has 0 atom stereocenters.